The Hall–Kier alpha value is -2.09. The minimum absolute atomic E-state index is 0.101. The molecule has 2 N–H and O–H groups in total. The Balaban J connectivity index is 2.81. The first kappa shape index (κ1) is 17.0. The molecule has 1 aromatic carbocycles. The largest absolute Gasteiger partial charge is 0.481 e. The minimum atomic E-state index is -3.89. The fourth-order valence-electron chi connectivity index (χ4n) is 1.64. The van der Waals surface area contributed by atoms with E-state index in [4.69, 9.17) is 5.11 Å². The molecular formula is C13H17NO6S. The van der Waals surface area contributed by atoms with E-state index in [1.807, 2.05) is 0 Å². The molecule has 0 saturated heterocycles. The molecule has 0 saturated carbocycles. The molecular weight excluding hydrogens is 298 g/mol. The van der Waals surface area contributed by atoms with Crippen LogP contribution in [0.3, 0.4) is 0 Å². The summed E-state index contributed by atoms with van der Waals surface area (Å²) >= 11 is 0. The van der Waals surface area contributed by atoms with Crippen LogP contribution in [0.2, 0.25) is 0 Å². The molecule has 0 aliphatic carbocycles. The van der Waals surface area contributed by atoms with E-state index >= 15 is 0 Å². The number of hydrogen-bond donors (Lipinski definition) is 2. The van der Waals surface area contributed by atoms with Gasteiger partial charge in [0.1, 0.15) is 0 Å². The van der Waals surface area contributed by atoms with E-state index in [0.29, 0.717) is 5.56 Å². The number of para-hydroxylation sites is 1. The first-order valence-corrected chi connectivity index (χ1v) is 7.95. The molecule has 21 heavy (non-hydrogen) atoms. The van der Waals surface area contributed by atoms with E-state index in [-0.39, 0.29) is 25.1 Å². The summed E-state index contributed by atoms with van der Waals surface area (Å²) in [4.78, 5) is 21.8. The van der Waals surface area contributed by atoms with Crippen LogP contribution < -0.4 is 4.72 Å². The van der Waals surface area contributed by atoms with Gasteiger partial charge in [-0.05, 0) is 25.0 Å². The number of rotatable bonds is 8. The van der Waals surface area contributed by atoms with Crippen molar-refractivity contribution in [3.05, 3.63) is 29.8 Å². The number of hydrogen-bond acceptors (Lipinski definition) is 5. The number of benzene rings is 1. The first-order valence-electron chi connectivity index (χ1n) is 6.30. The van der Waals surface area contributed by atoms with E-state index in [0.717, 1.165) is 0 Å². The van der Waals surface area contributed by atoms with Crippen LogP contribution in [0.4, 0.5) is 5.69 Å². The molecule has 116 valence electrons. The molecule has 0 radical (unpaired) electrons. The van der Waals surface area contributed by atoms with Crippen molar-refractivity contribution >= 4 is 27.6 Å². The highest BCUT2D eigenvalue weighted by molar-refractivity contribution is 7.93. The Labute approximate surface area is 123 Å². The lowest BCUT2D eigenvalue weighted by Crippen LogP contribution is -2.24. The molecule has 0 atom stereocenters. The molecule has 0 fully saturated rings. The molecule has 0 spiro atoms. The van der Waals surface area contributed by atoms with Crippen LogP contribution in [0.25, 0.3) is 0 Å². The van der Waals surface area contributed by atoms with Crippen molar-refractivity contribution < 1.29 is 27.9 Å². The quantitative estimate of drug-likeness (QED) is 0.693. The third kappa shape index (κ3) is 6.26. The maximum Gasteiger partial charge on any atom is 0.323 e. The molecule has 8 heteroatoms. The summed E-state index contributed by atoms with van der Waals surface area (Å²) in [7, 11) is -3.89. The average Bonchev–Trinajstić information content (AvgIpc) is 2.36. The van der Waals surface area contributed by atoms with E-state index in [1.165, 1.54) is 6.07 Å². The first-order chi connectivity index (χ1) is 9.84. The van der Waals surface area contributed by atoms with Gasteiger partial charge in [-0.25, -0.2) is 8.42 Å². The number of ether oxygens (including phenoxy) is 1. The second-order valence-corrected chi connectivity index (χ2v) is 5.94. The van der Waals surface area contributed by atoms with Gasteiger partial charge in [-0.2, -0.15) is 0 Å². The molecule has 0 amide bonds. The number of anilines is 1. The predicted molar refractivity (Wildman–Crippen MR) is 76.4 cm³/mol. The number of aliphatic carboxylic acids is 1. The van der Waals surface area contributed by atoms with E-state index < -0.39 is 27.7 Å². The van der Waals surface area contributed by atoms with Crippen molar-refractivity contribution in [2.75, 3.05) is 17.1 Å². The van der Waals surface area contributed by atoms with E-state index in [1.54, 1.807) is 25.1 Å². The van der Waals surface area contributed by atoms with Crippen LogP contribution in [0, 0.1) is 0 Å². The number of sulfonamides is 1. The fraction of sp³-hybridized carbons (Fsp3) is 0.385. The van der Waals surface area contributed by atoms with Crippen molar-refractivity contribution in [2.24, 2.45) is 0 Å². The molecule has 0 bridgehead atoms. The molecule has 0 unspecified atom stereocenters. The summed E-state index contributed by atoms with van der Waals surface area (Å²) in [6.45, 7) is 1.68. The lowest BCUT2D eigenvalue weighted by atomic mass is 10.1. The zero-order valence-electron chi connectivity index (χ0n) is 11.5. The van der Waals surface area contributed by atoms with Crippen LogP contribution in [-0.2, 0) is 30.8 Å². The molecule has 0 aliphatic rings. The van der Waals surface area contributed by atoms with Crippen LogP contribution in [0.5, 0.6) is 0 Å². The average molecular weight is 315 g/mol. The minimum Gasteiger partial charge on any atom is -0.481 e. The van der Waals surface area contributed by atoms with Gasteiger partial charge in [-0.15, -0.1) is 0 Å². The monoisotopic (exact) mass is 315 g/mol. The summed E-state index contributed by atoms with van der Waals surface area (Å²) in [5.41, 5.74) is 0.815. The highest BCUT2D eigenvalue weighted by atomic mass is 32.2. The summed E-state index contributed by atoms with van der Waals surface area (Å²) in [5, 5.41) is 8.68. The number of carbonyl (C=O) groups is 2. The lowest BCUT2D eigenvalue weighted by molar-refractivity contribution is -0.140. The molecule has 7 nitrogen and oxygen atoms in total. The predicted octanol–water partition coefficient (Wildman–Crippen LogP) is 1.01. The Bertz CT molecular complexity index is 611. The smallest absolute Gasteiger partial charge is 0.323 e. The number of aryl methyl sites for hydroxylation is 1. The molecule has 1 aromatic rings. The molecule has 0 heterocycles. The molecule has 0 aliphatic heterocycles. The SMILES string of the molecule is CCOC(=O)CS(=O)(=O)Nc1ccccc1CCC(=O)O. The van der Waals surface area contributed by atoms with Gasteiger partial charge in [0.2, 0.25) is 10.0 Å². The Morgan fingerprint density at radius 1 is 1.29 bits per heavy atom. The zero-order chi connectivity index (χ0) is 15.9. The normalized spacial score (nSPS) is 10.9. The summed E-state index contributed by atoms with van der Waals surface area (Å²) in [5.74, 6) is -2.60. The maximum atomic E-state index is 11.8. The van der Waals surface area contributed by atoms with Gasteiger partial charge < -0.3 is 9.84 Å². The summed E-state index contributed by atoms with van der Waals surface area (Å²) in [6.07, 6.45) is 0.0735. The van der Waals surface area contributed by atoms with Gasteiger partial charge in [-0.3, -0.25) is 14.3 Å². The summed E-state index contributed by atoms with van der Waals surface area (Å²) < 4.78 is 30.6. The van der Waals surface area contributed by atoms with Crippen LogP contribution in [0.1, 0.15) is 18.9 Å². The topological polar surface area (TPSA) is 110 Å². The highest BCUT2D eigenvalue weighted by Gasteiger charge is 2.18. The maximum absolute atomic E-state index is 11.8. The van der Waals surface area contributed by atoms with E-state index in [9.17, 15) is 18.0 Å². The van der Waals surface area contributed by atoms with Crippen LogP contribution >= 0.6 is 0 Å². The van der Waals surface area contributed by atoms with Gasteiger partial charge in [0, 0.05) is 6.42 Å². The fourth-order valence-corrected chi connectivity index (χ4v) is 2.64. The zero-order valence-corrected chi connectivity index (χ0v) is 12.4. The molecule has 0 aromatic heterocycles. The van der Waals surface area contributed by atoms with Crippen molar-refractivity contribution in [2.45, 2.75) is 19.8 Å². The van der Waals surface area contributed by atoms with Crippen LogP contribution in [0.15, 0.2) is 24.3 Å². The van der Waals surface area contributed by atoms with Crippen LogP contribution in [-0.4, -0.2) is 37.8 Å². The highest BCUT2D eigenvalue weighted by Crippen LogP contribution is 2.18. The van der Waals surface area contributed by atoms with Crippen molar-refractivity contribution in [3.63, 3.8) is 0 Å². The summed E-state index contributed by atoms with van der Waals surface area (Å²) in [6, 6.07) is 6.44. The second-order valence-electron chi connectivity index (χ2n) is 4.22. The standard InChI is InChI=1S/C13H17NO6S/c1-2-20-13(17)9-21(18,19)14-11-6-4-3-5-10(11)7-8-12(15)16/h3-6,14H,2,7-9H2,1H3,(H,15,16). The Morgan fingerprint density at radius 2 is 1.95 bits per heavy atom. The van der Waals surface area contributed by atoms with Gasteiger partial charge in [0.15, 0.2) is 5.75 Å². The Morgan fingerprint density at radius 3 is 2.57 bits per heavy atom. The lowest BCUT2D eigenvalue weighted by Gasteiger charge is -2.11. The molecule has 1 rings (SSSR count). The van der Waals surface area contributed by atoms with Crippen molar-refractivity contribution in [3.8, 4) is 0 Å². The Kier molecular flexibility index (Phi) is 6.16. The third-order valence-electron chi connectivity index (χ3n) is 2.50. The number of carboxylic acids is 1. The van der Waals surface area contributed by atoms with Crippen molar-refractivity contribution in [1.29, 1.82) is 0 Å². The van der Waals surface area contributed by atoms with E-state index in [2.05, 4.69) is 9.46 Å². The van der Waals surface area contributed by atoms with Gasteiger partial charge in [0.05, 0.1) is 12.3 Å². The number of carboxylic acid groups (broad SMARTS) is 1. The van der Waals surface area contributed by atoms with Gasteiger partial charge in [-0.1, -0.05) is 18.2 Å². The second kappa shape index (κ2) is 7.63. The number of esters is 1. The number of nitrogens with one attached hydrogen (secondary N) is 1. The van der Waals surface area contributed by atoms with Gasteiger partial charge >= 0.3 is 11.9 Å². The van der Waals surface area contributed by atoms with Crippen molar-refractivity contribution in [1.82, 2.24) is 0 Å². The third-order valence-corrected chi connectivity index (χ3v) is 3.65. The van der Waals surface area contributed by atoms with Gasteiger partial charge in [0.25, 0.3) is 0 Å². The number of carbonyl (C=O) groups excluding carboxylic acids is 1.